The van der Waals surface area contributed by atoms with Gasteiger partial charge in [-0.15, -0.1) is 0 Å². The van der Waals surface area contributed by atoms with Crippen LogP contribution in [0.3, 0.4) is 0 Å². The zero-order valence-corrected chi connectivity index (χ0v) is 28.4. The molecule has 0 bridgehead atoms. The molecule has 274 valence electrons. The van der Waals surface area contributed by atoms with Crippen LogP contribution in [0.4, 0.5) is 18.9 Å². The van der Waals surface area contributed by atoms with E-state index in [0.29, 0.717) is 36.1 Å². The lowest BCUT2D eigenvalue weighted by atomic mass is 10.0. The Kier molecular flexibility index (Phi) is 9.98. The van der Waals surface area contributed by atoms with Crippen LogP contribution in [0, 0.1) is 5.92 Å². The second-order valence-corrected chi connectivity index (χ2v) is 13.8. The van der Waals surface area contributed by atoms with Gasteiger partial charge in [0.05, 0.1) is 12.1 Å². The molecule has 3 N–H and O–H groups in total. The number of rotatable bonds is 7. The third-order valence-corrected chi connectivity index (χ3v) is 10.1. The van der Waals surface area contributed by atoms with E-state index in [1.165, 1.54) is 17.0 Å². The summed E-state index contributed by atoms with van der Waals surface area (Å²) < 4.78 is 52.6. The molecule has 14 heteroatoms. The van der Waals surface area contributed by atoms with Gasteiger partial charge in [0, 0.05) is 12.1 Å². The monoisotopic (exact) mass is 719 g/mol. The summed E-state index contributed by atoms with van der Waals surface area (Å²) in [5, 5.41) is 6.04. The third kappa shape index (κ3) is 7.80. The highest BCUT2D eigenvalue weighted by Crippen LogP contribution is 2.48. The summed E-state index contributed by atoms with van der Waals surface area (Å²) in [6.45, 7) is -0.0177. The molecule has 2 saturated heterocycles. The molecule has 5 atom stereocenters. The first-order chi connectivity index (χ1) is 25.1. The number of para-hydroxylation sites is 3. The average Bonchev–Trinajstić information content (AvgIpc) is 3.43. The highest BCUT2D eigenvalue weighted by atomic mass is 19.4. The normalized spacial score (nSPS) is 25.6. The van der Waals surface area contributed by atoms with E-state index in [1.54, 1.807) is 42.5 Å². The number of aromatic nitrogens is 1. The number of fused-ring (bicyclic) bond motifs is 3. The number of anilines is 1. The molecule has 1 aliphatic carbocycles. The highest BCUT2D eigenvalue weighted by Gasteiger charge is 2.62. The van der Waals surface area contributed by atoms with Gasteiger partial charge in [0.2, 0.25) is 11.8 Å². The molecule has 3 aliphatic rings. The van der Waals surface area contributed by atoms with Crippen LogP contribution >= 0.6 is 0 Å². The van der Waals surface area contributed by atoms with Gasteiger partial charge in [0.25, 0.3) is 5.91 Å². The molecule has 3 amide bonds. The largest absolute Gasteiger partial charge is 0.445 e. The van der Waals surface area contributed by atoms with Crippen LogP contribution in [0.1, 0.15) is 63.4 Å². The molecule has 4 aromatic rings. The Labute approximate surface area is 298 Å². The Hall–Kier alpha value is -5.27. The van der Waals surface area contributed by atoms with Crippen molar-refractivity contribution in [2.75, 3.05) is 11.9 Å². The minimum atomic E-state index is -4.56. The summed E-state index contributed by atoms with van der Waals surface area (Å²) in [6, 6.07) is 18.6. The number of carbonyl (C=O) groups excluding carboxylic acids is 3. The molecule has 52 heavy (non-hydrogen) atoms. The van der Waals surface area contributed by atoms with E-state index in [-0.39, 0.29) is 30.6 Å². The summed E-state index contributed by atoms with van der Waals surface area (Å²) in [7, 11) is 0. The van der Waals surface area contributed by atoms with E-state index in [4.69, 9.17) is 14.0 Å². The standard InChI is InChI=1S/C38H40F3N5O6/c39-38(40,41)24-13-11-14-26(20-24)42-30-18-8-3-1-2-5-12-25-22-37(25,35(49)45-52-27-15-6-4-7-16-27)44-33(47)31-21-28(23-46(31)34(30)48)50-36-43-29-17-9-10-19-32(29)51-36/h4,6-7,9-11,13-17,19-20,25,28,30-31,42H,1-3,5,8,12,18,21-23H2,(H,44,47)(H,45,49)/t25-,28-,30+,31+,37-/m1/s1. The van der Waals surface area contributed by atoms with Crippen LogP contribution in [0.2, 0.25) is 0 Å². The van der Waals surface area contributed by atoms with E-state index < -0.39 is 53.2 Å². The summed E-state index contributed by atoms with van der Waals surface area (Å²) in [6.07, 6.45) is 0.306. The third-order valence-electron chi connectivity index (χ3n) is 10.1. The summed E-state index contributed by atoms with van der Waals surface area (Å²) in [5.41, 5.74) is 1.66. The van der Waals surface area contributed by atoms with Gasteiger partial charge < -0.3 is 29.5 Å². The molecule has 2 aliphatic heterocycles. The van der Waals surface area contributed by atoms with Crippen LogP contribution in [-0.4, -0.2) is 57.9 Å². The van der Waals surface area contributed by atoms with Crippen molar-refractivity contribution in [1.82, 2.24) is 20.7 Å². The molecule has 11 nitrogen and oxygen atoms in total. The van der Waals surface area contributed by atoms with Crippen LogP contribution in [0.15, 0.2) is 83.3 Å². The number of alkyl halides is 3. The number of benzene rings is 3. The molecule has 3 fully saturated rings. The van der Waals surface area contributed by atoms with Crippen molar-refractivity contribution in [1.29, 1.82) is 0 Å². The fraction of sp³-hybridized carbons (Fsp3) is 0.421. The first kappa shape index (κ1) is 35.1. The van der Waals surface area contributed by atoms with Crippen LogP contribution in [0.5, 0.6) is 11.8 Å². The number of hydrogen-bond donors (Lipinski definition) is 3. The van der Waals surface area contributed by atoms with Gasteiger partial charge in [-0.2, -0.15) is 23.6 Å². The Morgan fingerprint density at radius 1 is 0.942 bits per heavy atom. The van der Waals surface area contributed by atoms with Crippen LogP contribution in [-0.2, 0) is 20.6 Å². The zero-order valence-electron chi connectivity index (χ0n) is 28.4. The number of halogens is 3. The summed E-state index contributed by atoms with van der Waals surface area (Å²) >= 11 is 0. The first-order valence-corrected chi connectivity index (χ1v) is 17.7. The predicted octanol–water partition coefficient (Wildman–Crippen LogP) is 6.41. The van der Waals surface area contributed by atoms with Gasteiger partial charge >= 0.3 is 12.3 Å². The maximum Gasteiger partial charge on any atom is 0.416 e. The van der Waals surface area contributed by atoms with Gasteiger partial charge in [-0.1, -0.05) is 68.5 Å². The van der Waals surface area contributed by atoms with Gasteiger partial charge in [-0.25, -0.2) is 0 Å². The van der Waals surface area contributed by atoms with Crippen molar-refractivity contribution in [2.45, 2.75) is 87.7 Å². The van der Waals surface area contributed by atoms with Crippen molar-refractivity contribution in [3.05, 3.63) is 84.4 Å². The van der Waals surface area contributed by atoms with Crippen LogP contribution < -0.4 is 25.7 Å². The molecule has 0 radical (unpaired) electrons. The maximum absolute atomic E-state index is 14.5. The molecule has 7 rings (SSSR count). The smallest absolute Gasteiger partial charge is 0.416 e. The van der Waals surface area contributed by atoms with Gasteiger partial charge in [-0.05, 0) is 67.6 Å². The number of ether oxygens (including phenoxy) is 1. The molecule has 1 saturated carbocycles. The lowest BCUT2D eigenvalue weighted by Crippen LogP contribution is -2.57. The number of oxazole rings is 1. The van der Waals surface area contributed by atoms with Crippen molar-refractivity contribution in [3.8, 4) is 11.8 Å². The minimum absolute atomic E-state index is 0.0170. The Morgan fingerprint density at radius 3 is 2.48 bits per heavy atom. The molecule has 0 unspecified atom stereocenters. The Balaban J connectivity index is 1.16. The van der Waals surface area contributed by atoms with E-state index >= 15 is 0 Å². The number of hydroxylamine groups is 1. The Bertz CT molecular complexity index is 1870. The zero-order chi connectivity index (χ0) is 36.3. The molecule has 0 spiro atoms. The number of carbonyl (C=O) groups is 3. The number of nitrogens with one attached hydrogen (secondary N) is 3. The molecular formula is C38H40F3N5O6. The van der Waals surface area contributed by atoms with Crippen molar-refractivity contribution >= 4 is 34.5 Å². The predicted molar refractivity (Wildman–Crippen MR) is 184 cm³/mol. The maximum atomic E-state index is 14.5. The number of hydrogen-bond acceptors (Lipinski definition) is 8. The van der Waals surface area contributed by atoms with Gasteiger partial charge in [0.1, 0.15) is 29.2 Å². The van der Waals surface area contributed by atoms with Crippen LogP contribution in [0.25, 0.3) is 11.1 Å². The van der Waals surface area contributed by atoms with Crippen molar-refractivity contribution in [3.63, 3.8) is 0 Å². The topological polar surface area (TPSA) is 135 Å². The molecule has 3 aromatic carbocycles. The SMILES string of the molecule is O=C1N[C@]2(C(=O)NOc3ccccc3)C[C@H]2CCCCCCC[C@H](Nc2cccc(C(F)(F)F)c2)C(=O)N2C[C@H](Oc3nc4ccccc4o3)C[C@@H]12. The first-order valence-electron chi connectivity index (χ1n) is 17.7. The van der Waals surface area contributed by atoms with Gasteiger partial charge in [0.15, 0.2) is 11.3 Å². The molecule has 3 heterocycles. The molecular weight excluding hydrogens is 679 g/mol. The summed E-state index contributed by atoms with van der Waals surface area (Å²) in [4.78, 5) is 53.8. The fourth-order valence-electron chi connectivity index (χ4n) is 7.29. The van der Waals surface area contributed by atoms with Crippen molar-refractivity contribution in [2.24, 2.45) is 5.92 Å². The van der Waals surface area contributed by atoms with E-state index in [1.807, 2.05) is 12.1 Å². The Morgan fingerprint density at radius 2 is 1.69 bits per heavy atom. The lowest BCUT2D eigenvalue weighted by Gasteiger charge is -2.30. The second kappa shape index (κ2) is 14.8. The quantitative estimate of drug-likeness (QED) is 0.187. The number of nitrogens with zero attached hydrogens (tertiary/aromatic N) is 2. The number of amides is 3. The lowest BCUT2D eigenvalue weighted by molar-refractivity contribution is -0.141. The second-order valence-electron chi connectivity index (χ2n) is 13.8. The molecule has 1 aromatic heterocycles. The van der Waals surface area contributed by atoms with E-state index in [9.17, 15) is 27.6 Å². The fourth-order valence-corrected chi connectivity index (χ4v) is 7.29. The van der Waals surface area contributed by atoms with E-state index in [0.717, 1.165) is 44.2 Å². The highest BCUT2D eigenvalue weighted by molar-refractivity contribution is 5.98. The average molecular weight is 720 g/mol. The minimum Gasteiger partial charge on any atom is -0.445 e. The van der Waals surface area contributed by atoms with Crippen molar-refractivity contribution < 1.29 is 41.5 Å². The summed E-state index contributed by atoms with van der Waals surface area (Å²) in [5.74, 6) is -1.19. The van der Waals surface area contributed by atoms with Gasteiger partial charge in [-0.3, -0.25) is 14.4 Å². The van der Waals surface area contributed by atoms with E-state index in [2.05, 4.69) is 21.1 Å².